The molecule has 6 N–H and O–H groups in total. The van der Waals surface area contributed by atoms with Gasteiger partial charge >= 0.3 is 0 Å². The Morgan fingerprint density at radius 1 is 0.375 bits per heavy atom. The summed E-state index contributed by atoms with van der Waals surface area (Å²) in [5.74, 6) is 0.124. The number of rotatable bonds is 14. The number of ether oxygens (including phenoxy) is 2. The predicted octanol–water partition coefficient (Wildman–Crippen LogP) is 3.72. The Hall–Kier alpha value is -3.26. The summed E-state index contributed by atoms with van der Waals surface area (Å²) in [4.78, 5) is 60.2. The van der Waals surface area contributed by atoms with Crippen LogP contribution >= 0.6 is 0 Å². The van der Waals surface area contributed by atoms with Crippen LogP contribution in [-0.4, -0.2) is 102 Å². The lowest BCUT2D eigenvalue weighted by Gasteiger charge is -2.01. The monoisotopic (exact) mass is 699 g/mol. The van der Waals surface area contributed by atoms with Gasteiger partial charge in [-0.15, -0.1) is 0 Å². The van der Waals surface area contributed by atoms with Gasteiger partial charge in [0, 0.05) is 95.0 Å². The fraction of sp³-hybridized carbons (Fsp3) is 0.824. The average Bonchev–Trinajstić information content (AvgIpc) is 3.05. The Bertz CT molecular complexity index is 626. The lowest BCUT2D eigenvalue weighted by Crippen LogP contribution is -2.24. The van der Waals surface area contributed by atoms with E-state index in [1.54, 1.807) is 14.1 Å². The first-order valence-corrected chi connectivity index (χ1v) is 17.1. The molecule has 6 amide bonds. The Labute approximate surface area is 294 Å². The quantitative estimate of drug-likeness (QED) is 0.148. The summed E-state index contributed by atoms with van der Waals surface area (Å²) in [5, 5.41) is 15.4. The van der Waals surface area contributed by atoms with Crippen LogP contribution in [0.5, 0.6) is 0 Å². The molecule has 0 aromatic rings. The van der Waals surface area contributed by atoms with Crippen LogP contribution in [0.1, 0.15) is 123 Å². The fourth-order valence-electron chi connectivity index (χ4n) is 1.69. The Morgan fingerprint density at radius 3 is 0.708 bits per heavy atom. The second-order valence-electron chi connectivity index (χ2n) is 8.77. The van der Waals surface area contributed by atoms with Gasteiger partial charge in [-0.1, -0.05) is 55.4 Å². The molecule has 0 radical (unpaired) electrons. The average molecular weight is 699 g/mol. The van der Waals surface area contributed by atoms with Crippen molar-refractivity contribution in [3.05, 3.63) is 0 Å². The lowest BCUT2D eigenvalue weighted by molar-refractivity contribution is -0.120. The van der Waals surface area contributed by atoms with Crippen molar-refractivity contribution in [3.8, 4) is 0 Å². The van der Waals surface area contributed by atoms with Crippen LogP contribution in [0.15, 0.2) is 0 Å². The zero-order chi connectivity index (χ0) is 39.6. The number of amides is 6. The maximum absolute atomic E-state index is 10.3. The van der Waals surface area contributed by atoms with Gasteiger partial charge < -0.3 is 41.4 Å². The summed E-state index contributed by atoms with van der Waals surface area (Å²) >= 11 is 0. The van der Waals surface area contributed by atoms with Crippen molar-refractivity contribution in [3.63, 3.8) is 0 Å². The Balaban J connectivity index is -0.0000000664. The van der Waals surface area contributed by atoms with Gasteiger partial charge in [0.1, 0.15) is 0 Å². The van der Waals surface area contributed by atoms with E-state index in [1.807, 2.05) is 41.5 Å². The van der Waals surface area contributed by atoms with Crippen molar-refractivity contribution >= 4 is 35.4 Å². The van der Waals surface area contributed by atoms with Gasteiger partial charge in [-0.3, -0.25) is 28.8 Å². The second-order valence-corrected chi connectivity index (χ2v) is 8.77. The molecule has 48 heavy (non-hydrogen) atoms. The number of carbonyl (C=O) groups excluding carboxylic acids is 6. The topological polar surface area (TPSA) is 193 Å². The smallest absolute Gasteiger partial charge is 0.216 e. The van der Waals surface area contributed by atoms with Gasteiger partial charge in [0.05, 0.1) is 13.2 Å². The summed E-state index contributed by atoms with van der Waals surface area (Å²) in [5.41, 5.74) is 0. The van der Waals surface area contributed by atoms with E-state index in [0.717, 1.165) is 52.0 Å². The van der Waals surface area contributed by atoms with E-state index >= 15 is 0 Å². The molecular formula is C34H78N6O8. The van der Waals surface area contributed by atoms with Gasteiger partial charge in [0.25, 0.3) is 0 Å². The highest BCUT2D eigenvalue weighted by atomic mass is 16.5. The van der Waals surface area contributed by atoms with E-state index in [9.17, 15) is 28.8 Å². The first kappa shape index (κ1) is 63.4. The first-order chi connectivity index (χ1) is 22.6. The highest BCUT2D eigenvalue weighted by Gasteiger charge is 1.90. The number of hydrogen-bond acceptors (Lipinski definition) is 8. The summed E-state index contributed by atoms with van der Waals surface area (Å²) < 4.78 is 10.2. The van der Waals surface area contributed by atoms with Gasteiger partial charge in [-0.2, -0.15) is 0 Å². The van der Waals surface area contributed by atoms with E-state index < -0.39 is 0 Å². The molecule has 0 spiro atoms. The molecule has 0 bridgehead atoms. The second kappa shape index (κ2) is 66.2. The minimum absolute atomic E-state index is 0.0000912. The normalized spacial score (nSPS) is 8.00. The van der Waals surface area contributed by atoms with Crippen LogP contribution in [0.25, 0.3) is 0 Å². The maximum atomic E-state index is 10.3. The van der Waals surface area contributed by atoms with E-state index in [0.29, 0.717) is 26.3 Å². The van der Waals surface area contributed by atoms with Gasteiger partial charge in [-0.05, 0) is 25.7 Å². The van der Waals surface area contributed by atoms with Crippen molar-refractivity contribution < 1.29 is 38.2 Å². The molecule has 14 nitrogen and oxygen atoms in total. The molecule has 0 saturated carbocycles. The molecule has 0 aliphatic heterocycles. The Morgan fingerprint density at radius 2 is 0.583 bits per heavy atom. The number of hydrogen-bond donors (Lipinski definition) is 6. The predicted molar refractivity (Wildman–Crippen MR) is 200 cm³/mol. The molecule has 292 valence electrons. The molecule has 0 heterocycles. The van der Waals surface area contributed by atoms with Gasteiger partial charge in [-0.25, -0.2) is 0 Å². The van der Waals surface area contributed by atoms with Gasteiger partial charge in [0.15, 0.2) is 0 Å². The molecule has 0 aromatic heterocycles. The third-order valence-corrected chi connectivity index (χ3v) is 3.89. The van der Waals surface area contributed by atoms with Crippen LogP contribution in [0, 0.1) is 0 Å². The van der Waals surface area contributed by atoms with E-state index in [1.165, 1.54) is 41.5 Å². The molecule has 0 unspecified atom stereocenters. The maximum Gasteiger partial charge on any atom is 0.216 e. The molecule has 0 aromatic carbocycles. The largest absolute Gasteiger partial charge is 0.380 e. The SMILES string of the molecule is CC.CC.CCCNC(C)=O.CCCNC(C)=O.CCCOCCNC(C)=O.CCCOCCNC(C)=O.CNC(C)=O.CNC(C)=O. The molecule has 0 aliphatic carbocycles. The molecule has 0 atom stereocenters. The van der Waals surface area contributed by atoms with Crippen LogP contribution < -0.4 is 31.9 Å². The molecular weight excluding hydrogens is 620 g/mol. The minimum Gasteiger partial charge on any atom is -0.380 e. The first-order valence-electron chi connectivity index (χ1n) is 17.1. The van der Waals surface area contributed by atoms with Crippen LogP contribution in [0.3, 0.4) is 0 Å². The van der Waals surface area contributed by atoms with Gasteiger partial charge in [0.2, 0.25) is 35.4 Å². The third-order valence-electron chi connectivity index (χ3n) is 3.89. The summed E-state index contributed by atoms with van der Waals surface area (Å²) in [6.45, 7) is 30.8. The zero-order valence-electron chi connectivity index (χ0n) is 33.8. The van der Waals surface area contributed by atoms with Crippen LogP contribution in [0.4, 0.5) is 0 Å². The summed E-state index contributed by atoms with van der Waals surface area (Å²) in [7, 11) is 3.20. The van der Waals surface area contributed by atoms with Crippen molar-refractivity contribution in [2.45, 2.75) is 123 Å². The molecule has 0 aliphatic rings. The van der Waals surface area contributed by atoms with Crippen LogP contribution in [-0.2, 0) is 38.2 Å². The van der Waals surface area contributed by atoms with E-state index in [2.05, 4.69) is 45.7 Å². The standard InChI is InChI=1S/2C7H15NO2.2C5H11NO.2C3H7NO.2C2H6/c2*1-3-5-10-6-4-8-7(2)9;2*1-3-4-6-5(2)7;2*1-3(5)4-2;2*1-2/h2*3-6H2,1-2H3,(H,8,9);2*3-4H2,1-2H3,(H,6,7);2*1-2H3,(H,4,5);2*1-2H3. The number of nitrogens with one attached hydrogen (secondary N) is 6. The highest BCUT2D eigenvalue weighted by Crippen LogP contribution is 1.78. The number of carbonyl (C=O) groups is 6. The molecule has 0 fully saturated rings. The molecule has 14 heteroatoms. The minimum atomic E-state index is 0.0000912. The Kier molecular flexibility index (Phi) is 87.5. The third kappa shape index (κ3) is 144. The van der Waals surface area contributed by atoms with Crippen molar-refractivity contribution in [1.82, 2.24) is 31.9 Å². The van der Waals surface area contributed by atoms with Crippen LogP contribution in [0.2, 0.25) is 0 Å². The molecule has 0 saturated heterocycles. The molecule has 0 rings (SSSR count). The summed E-state index contributed by atoms with van der Waals surface area (Å²) in [6.07, 6.45) is 4.08. The van der Waals surface area contributed by atoms with Crippen molar-refractivity contribution in [2.75, 3.05) is 66.7 Å². The zero-order valence-corrected chi connectivity index (χ0v) is 33.8. The summed E-state index contributed by atoms with van der Waals surface area (Å²) in [6, 6.07) is 0. The van der Waals surface area contributed by atoms with E-state index in [-0.39, 0.29) is 35.4 Å². The lowest BCUT2D eigenvalue weighted by atomic mass is 10.5. The van der Waals surface area contributed by atoms with Crippen molar-refractivity contribution in [2.24, 2.45) is 0 Å². The van der Waals surface area contributed by atoms with Crippen molar-refractivity contribution in [1.29, 1.82) is 0 Å². The van der Waals surface area contributed by atoms with E-state index in [4.69, 9.17) is 9.47 Å². The fourth-order valence-corrected chi connectivity index (χ4v) is 1.69. The highest BCUT2D eigenvalue weighted by molar-refractivity contribution is 5.74.